The Morgan fingerprint density at radius 1 is 1.38 bits per heavy atom. The van der Waals surface area contributed by atoms with Gasteiger partial charge in [0.15, 0.2) is 11.5 Å². The summed E-state index contributed by atoms with van der Waals surface area (Å²) < 4.78 is 23.4. The molecule has 1 aromatic rings. The lowest BCUT2D eigenvalue weighted by molar-refractivity contribution is 0.174. The number of benzene rings is 1. The van der Waals surface area contributed by atoms with Gasteiger partial charge in [0.2, 0.25) is 6.79 Å². The van der Waals surface area contributed by atoms with Crippen molar-refractivity contribution >= 4 is 0 Å². The van der Waals surface area contributed by atoms with Crippen LogP contribution in [-0.4, -0.2) is 13.8 Å². The number of halogens is 1. The van der Waals surface area contributed by atoms with Crippen LogP contribution in [-0.2, 0) is 6.54 Å². The van der Waals surface area contributed by atoms with Crippen LogP contribution in [0.4, 0.5) is 4.39 Å². The number of ether oxygens (including phenoxy) is 2. The highest BCUT2D eigenvalue weighted by atomic mass is 19.1. The molecule has 0 amide bonds. The third kappa shape index (κ3) is 1.45. The second-order valence-corrected chi connectivity index (χ2v) is 2.83. The summed E-state index contributed by atoms with van der Waals surface area (Å²) in [6.45, 7) is 0.667. The predicted octanol–water partition coefficient (Wildman–Crippen LogP) is 1.27. The number of hydrogen-bond donors (Lipinski definition) is 1. The summed E-state index contributed by atoms with van der Waals surface area (Å²) in [6.07, 6.45) is 0. The second-order valence-electron chi connectivity index (χ2n) is 2.83. The van der Waals surface area contributed by atoms with Crippen LogP contribution >= 0.6 is 0 Å². The minimum atomic E-state index is -0.265. The quantitative estimate of drug-likeness (QED) is 0.749. The van der Waals surface area contributed by atoms with Crippen LogP contribution in [0.1, 0.15) is 5.56 Å². The molecule has 0 spiro atoms. The smallest absolute Gasteiger partial charge is 0.231 e. The van der Waals surface area contributed by atoms with Gasteiger partial charge < -0.3 is 14.8 Å². The van der Waals surface area contributed by atoms with E-state index < -0.39 is 0 Å². The van der Waals surface area contributed by atoms with Crippen LogP contribution in [0.3, 0.4) is 0 Å². The average Bonchev–Trinajstić information content (AvgIpc) is 2.52. The third-order valence-corrected chi connectivity index (χ3v) is 1.91. The molecule has 0 bridgehead atoms. The summed E-state index contributed by atoms with van der Waals surface area (Å²) >= 11 is 0. The van der Waals surface area contributed by atoms with Gasteiger partial charge in [0.1, 0.15) is 5.82 Å². The summed E-state index contributed by atoms with van der Waals surface area (Å²) in [5, 5.41) is 2.88. The first kappa shape index (κ1) is 8.31. The van der Waals surface area contributed by atoms with Gasteiger partial charge in [0.25, 0.3) is 0 Å². The van der Waals surface area contributed by atoms with E-state index in [1.807, 2.05) is 0 Å². The van der Waals surface area contributed by atoms with E-state index in [9.17, 15) is 4.39 Å². The molecule has 70 valence electrons. The zero-order chi connectivity index (χ0) is 9.26. The molecule has 0 saturated heterocycles. The van der Waals surface area contributed by atoms with Gasteiger partial charge in [-0.05, 0) is 13.1 Å². The molecule has 4 heteroatoms. The Bertz CT molecular complexity index is 328. The van der Waals surface area contributed by atoms with Gasteiger partial charge in [-0.2, -0.15) is 0 Å². The molecule has 13 heavy (non-hydrogen) atoms. The van der Waals surface area contributed by atoms with Crippen molar-refractivity contribution < 1.29 is 13.9 Å². The van der Waals surface area contributed by atoms with Gasteiger partial charge in [-0.25, -0.2) is 4.39 Å². The van der Waals surface area contributed by atoms with Crippen LogP contribution in [0.15, 0.2) is 12.1 Å². The fourth-order valence-electron chi connectivity index (χ4n) is 1.29. The molecule has 0 aliphatic carbocycles. The molecular weight excluding hydrogens is 173 g/mol. The maximum Gasteiger partial charge on any atom is 0.231 e. The summed E-state index contributed by atoms with van der Waals surface area (Å²) in [6, 6.07) is 3.02. The average molecular weight is 183 g/mol. The summed E-state index contributed by atoms with van der Waals surface area (Å²) in [4.78, 5) is 0. The van der Waals surface area contributed by atoms with Crippen molar-refractivity contribution in [2.24, 2.45) is 0 Å². The van der Waals surface area contributed by atoms with Crippen LogP contribution in [0, 0.1) is 5.82 Å². The Morgan fingerprint density at radius 2 is 2.08 bits per heavy atom. The van der Waals surface area contributed by atoms with E-state index in [-0.39, 0.29) is 12.6 Å². The van der Waals surface area contributed by atoms with E-state index in [1.165, 1.54) is 6.07 Å². The molecule has 0 unspecified atom stereocenters. The van der Waals surface area contributed by atoms with E-state index in [0.29, 0.717) is 23.6 Å². The molecule has 0 aromatic heterocycles. The maximum absolute atomic E-state index is 13.3. The number of hydrogen-bond acceptors (Lipinski definition) is 3. The second kappa shape index (κ2) is 3.22. The van der Waals surface area contributed by atoms with Gasteiger partial charge in [0.05, 0.1) is 0 Å². The first-order valence-electron chi connectivity index (χ1n) is 4.04. The Balaban J connectivity index is 2.37. The summed E-state index contributed by atoms with van der Waals surface area (Å²) in [7, 11) is 1.77. The highest BCUT2D eigenvalue weighted by Crippen LogP contribution is 2.34. The van der Waals surface area contributed by atoms with E-state index in [0.717, 1.165) is 0 Å². The number of nitrogens with one attached hydrogen (secondary N) is 1. The van der Waals surface area contributed by atoms with Gasteiger partial charge in [0, 0.05) is 18.2 Å². The summed E-state index contributed by atoms with van der Waals surface area (Å²) in [5.74, 6) is 0.836. The minimum Gasteiger partial charge on any atom is -0.454 e. The zero-order valence-electron chi connectivity index (χ0n) is 7.26. The van der Waals surface area contributed by atoms with Crippen LogP contribution < -0.4 is 14.8 Å². The van der Waals surface area contributed by atoms with Gasteiger partial charge in [-0.15, -0.1) is 0 Å². The van der Waals surface area contributed by atoms with E-state index in [2.05, 4.69) is 5.32 Å². The van der Waals surface area contributed by atoms with Crippen molar-refractivity contribution in [3.05, 3.63) is 23.5 Å². The van der Waals surface area contributed by atoms with Crippen molar-refractivity contribution in [1.82, 2.24) is 5.32 Å². The van der Waals surface area contributed by atoms with Crippen LogP contribution in [0.2, 0.25) is 0 Å². The fraction of sp³-hybridized carbons (Fsp3) is 0.333. The van der Waals surface area contributed by atoms with Crippen molar-refractivity contribution in [2.75, 3.05) is 13.8 Å². The molecule has 1 aliphatic heterocycles. The molecule has 2 rings (SSSR count). The lowest BCUT2D eigenvalue weighted by Crippen LogP contribution is -2.06. The molecule has 0 radical (unpaired) electrons. The first-order chi connectivity index (χ1) is 6.31. The Morgan fingerprint density at radius 3 is 2.77 bits per heavy atom. The van der Waals surface area contributed by atoms with Crippen molar-refractivity contribution in [3.8, 4) is 11.5 Å². The summed E-state index contributed by atoms with van der Waals surface area (Å²) in [5.41, 5.74) is 0.590. The molecule has 1 heterocycles. The highest BCUT2D eigenvalue weighted by molar-refractivity contribution is 5.45. The highest BCUT2D eigenvalue weighted by Gasteiger charge is 2.16. The molecule has 1 aliphatic rings. The topological polar surface area (TPSA) is 30.5 Å². The van der Waals surface area contributed by atoms with Crippen molar-refractivity contribution in [2.45, 2.75) is 6.54 Å². The lowest BCUT2D eigenvalue weighted by atomic mass is 10.2. The van der Waals surface area contributed by atoms with Gasteiger partial charge in [-0.1, -0.05) is 0 Å². The standard InChI is InChI=1S/C9H10FNO2/c1-11-4-6-2-8-9(3-7(6)10)13-5-12-8/h2-3,11H,4-5H2,1H3. The van der Waals surface area contributed by atoms with Gasteiger partial charge in [-0.3, -0.25) is 0 Å². The predicted molar refractivity (Wildman–Crippen MR) is 45.3 cm³/mol. The molecular formula is C9H10FNO2. The SMILES string of the molecule is CNCc1cc2c(cc1F)OCO2. The van der Waals surface area contributed by atoms with E-state index in [1.54, 1.807) is 13.1 Å². The molecule has 3 nitrogen and oxygen atoms in total. The largest absolute Gasteiger partial charge is 0.454 e. The van der Waals surface area contributed by atoms with Gasteiger partial charge >= 0.3 is 0 Å². The van der Waals surface area contributed by atoms with E-state index >= 15 is 0 Å². The minimum absolute atomic E-state index is 0.178. The Hall–Kier alpha value is -1.29. The Kier molecular flexibility index (Phi) is 2.06. The molecule has 0 atom stereocenters. The normalized spacial score (nSPS) is 13.4. The zero-order valence-corrected chi connectivity index (χ0v) is 7.26. The van der Waals surface area contributed by atoms with Crippen molar-refractivity contribution in [3.63, 3.8) is 0 Å². The monoisotopic (exact) mass is 183 g/mol. The fourth-order valence-corrected chi connectivity index (χ4v) is 1.29. The van der Waals surface area contributed by atoms with Crippen LogP contribution in [0.25, 0.3) is 0 Å². The molecule has 0 fully saturated rings. The maximum atomic E-state index is 13.3. The first-order valence-corrected chi connectivity index (χ1v) is 4.04. The lowest BCUT2D eigenvalue weighted by Gasteiger charge is -2.03. The molecule has 1 N–H and O–H groups in total. The molecule has 1 aromatic carbocycles. The van der Waals surface area contributed by atoms with Crippen LogP contribution in [0.5, 0.6) is 11.5 Å². The van der Waals surface area contributed by atoms with Crippen molar-refractivity contribution in [1.29, 1.82) is 0 Å². The number of fused-ring (bicyclic) bond motifs is 1. The van der Waals surface area contributed by atoms with E-state index in [4.69, 9.17) is 9.47 Å². The Labute approximate surface area is 75.5 Å². The number of rotatable bonds is 2. The molecule has 0 saturated carbocycles. The third-order valence-electron chi connectivity index (χ3n) is 1.91.